The Morgan fingerprint density at radius 3 is 2.50 bits per heavy atom. The minimum Gasteiger partial charge on any atom is -0.268 e. The van der Waals surface area contributed by atoms with E-state index in [1.165, 1.54) is 33.8 Å². The number of aromatic amines is 1. The van der Waals surface area contributed by atoms with Crippen LogP contribution in [-0.4, -0.2) is 24.7 Å². The van der Waals surface area contributed by atoms with E-state index in [1.807, 2.05) is 18.2 Å². The zero-order chi connectivity index (χ0) is 19.7. The average molecular weight is 392 g/mol. The molecule has 0 aliphatic heterocycles. The highest BCUT2D eigenvalue weighted by Crippen LogP contribution is 2.26. The molecule has 0 aliphatic carbocycles. The highest BCUT2D eigenvalue weighted by Gasteiger charge is 2.16. The molecule has 1 N–H and O–H groups in total. The zero-order valence-electron chi connectivity index (χ0n) is 16.0. The van der Waals surface area contributed by atoms with Crippen molar-refractivity contribution in [1.29, 1.82) is 0 Å². The Labute approximate surface area is 167 Å². The topological polar surface area (TPSA) is 76.5 Å². The first-order valence-corrected chi connectivity index (χ1v) is 10.0. The maximum Gasteiger partial charge on any atom is 0.269 e. The molecule has 7 heteroatoms. The second-order valence-electron chi connectivity index (χ2n) is 7.60. The molecule has 28 heavy (non-hydrogen) atoms. The molecule has 2 heterocycles. The van der Waals surface area contributed by atoms with Crippen LogP contribution in [0, 0.1) is 0 Å². The van der Waals surface area contributed by atoms with E-state index in [-0.39, 0.29) is 11.0 Å². The van der Waals surface area contributed by atoms with E-state index < -0.39 is 0 Å². The van der Waals surface area contributed by atoms with Gasteiger partial charge in [0.2, 0.25) is 5.95 Å². The molecular formula is C21H21N5OS. The van der Waals surface area contributed by atoms with Gasteiger partial charge in [-0.2, -0.15) is 10.1 Å². The van der Waals surface area contributed by atoms with Gasteiger partial charge in [-0.3, -0.25) is 4.79 Å². The normalized spacial score (nSPS) is 11.8. The summed E-state index contributed by atoms with van der Waals surface area (Å²) in [7, 11) is 0. The Morgan fingerprint density at radius 1 is 1.07 bits per heavy atom. The van der Waals surface area contributed by atoms with Gasteiger partial charge in [0.25, 0.3) is 5.56 Å². The molecule has 0 amide bonds. The molecule has 0 atom stereocenters. The number of nitrogens with zero attached hydrogens (tertiary/aromatic N) is 4. The van der Waals surface area contributed by atoms with Crippen LogP contribution in [0.4, 0.5) is 0 Å². The van der Waals surface area contributed by atoms with E-state index in [0.717, 1.165) is 0 Å². The van der Waals surface area contributed by atoms with Gasteiger partial charge in [0.05, 0.1) is 10.9 Å². The summed E-state index contributed by atoms with van der Waals surface area (Å²) >= 11 is 1.50. The van der Waals surface area contributed by atoms with Crippen molar-refractivity contribution in [3.8, 4) is 5.95 Å². The first-order valence-electron chi connectivity index (χ1n) is 9.03. The summed E-state index contributed by atoms with van der Waals surface area (Å²) < 4.78 is 1.49. The number of thioether (sulfide) groups is 1. The van der Waals surface area contributed by atoms with Gasteiger partial charge < -0.3 is 0 Å². The molecule has 0 aliphatic rings. The Bertz CT molecular complexity index is 1160. The minimum atomic E-state index is -0.159. The molecule has 0 unspecified atom stereocenters. The van der Waals surface area contributed by atoms with Crippen molar-refractivity contribution in [3.63, 3.8) is 0 Å². The highest BCUT2D eigenvalue weighted by molar-refractivity contribution is 7.98. The van der Waals surface area contributed by atoms with Crippen LogP contribution in [0.15, 0.2) is 64.8 Å². The highest BCUT2D eigenvalue weighted by atomic mass is 32.2. The van der Waals surface area contributed by atoms with E-state index in [4.69, 9.17) is 4.98 Å². The minimum absolute atomic E-state index is 0.123. The van der Waals surface area contributed by atoms with E-state index in [0.29, 0.717) is 27.8 Å². The number of nitrogens with one attached hydrogen (secondary N) is 1. The number of H-pyrrole nitrogens is 1. The molecule has 0 saturated heterocycles. The van der Waals surface area contributed by atoms with Crippen LogP contribution in [0.25, 0.3) is 16.9 Å². The van der Waals surface area contributed by atoms with Crippen molar-refractivity contribution in [2.24, 2.45) is 0 Å². The zero-order valence-corrected chi connectivity index (χ0v) is 16.8. The molecule has 4 rings (SSSR count). The van der Waals surface area contributed by atoms with Crippen molar-refractivity contribution in [2.75, 3.05) is 0 Å². The van der Waals surface area contributed by atoms with Crippen LogP contribution < -0.4 is 5.56 Å². The van der Waals surface area contributed by atoms with Gasteiger partial charge in [-0.1, -0.05) is 68.9 Å². The Balaban J connectivity index is 1.70. The monoisotopic (exact) mass is 391 g/mol. The summed E-state index contributed by atoms with van der Waals surface area (Å²) in [6.45, 7) is 6.60. The van der Waals surface area contributed by atoms with Crippen LogP contribution in [0.5, 0.6) is 0 Å². The van der Waals surface area contributed by atoms with Gasteiger partial charge in [0.15, 0.2) is 5.16 Å². The summed E-state index contributed by atoms with van der Waals surface area (Å²) in [5, 5.41) is 7.79. The Morgan fingerprint density at radius 2 is 1.82 bits per heavy atom. The van der Waals surface area contributed by atoms with Gasteiger partial charge in [-0.15, -0.1) is 0 Å². The van der Waals surface area contributed by atoms with Crippen molar-refractivity contribution in [1.82, 2.24) is 24.7 Å². The summed E-state index contributed by atoms with van der Waals surface area (Å²) in [4.78, 5) is 21.9. The summed E-state index contributed by atoms with van der Waals surface area (Å²) in [6, 6.07) is 15.9. The molecule has 0 spiro atoms. The standard InChI is InChI=1S/C21H21N5OS/c1-21(2,3)15-10-8-14(9-11-15)12-28-20-24-17-7-5-4-6-16(17)18(27)26(20)19-22-13-23-25-19/h4-11,13H,12H2,1-3H3,(H,22,23,25). The van der Waals surface area contributed by atoms with Crippen LogP contribution >= 0.6 is 11.8 Å². The largest absolute Gasteiger partial charge is 0.269 e. The summed E-state index contributed by atoms with van der Waals surface area (Å²) in [5.41, 5.74) is 3.10. The van der Waals surface area contributed by atoms with Crippen LogP contribution in [0.2, 0.25) is 0 Å². The van der Waals surface area contributed by atoms with E-state index in [9.17, 15) is 4.79 Å². The van der Waals surface area contributed by atoms with E-state index >= 15 is 0 Å². The predicted octanol–water partition coefficient (Wildman–Crippen LogP) is 4.09. The lowest BCUT2D eigenvalue weighted by Gasteiger charge is -2.19. The number of para-hydroxylation sites is 1. The molecule has 2 aromatic carbocycles. The van der Waals surface area contributed by atoms with Gasteiger partial charge >= 0.3 is 0 Å². The SMILES string of the molecule is CC(C)(C)c1ccc(CSc2nc3ccccc3c(=O)n2-c2ncn[nH]2)cc1. The lowest BCUT2D eigenvalue weighted by atomic mass is 9.87. The fraction of sp³-hybridized carbons (Fsp3) is 0.238. The molecule has 4 aromatic rings. The van der Waals surface area contributed by atoms with Gasteiger partial charge in [0, 0.05) is 5.75 Å². The Kier molecular flexibility index (Phi) is 4.77. The first kappa shape index (κ1) is 18.4. The molecule has 0 bridgehead atoms. The summed E-state index contributed by atoms with van der Waals surface area (Å²) in [5.74, 6) is 1.07. The summed E-state index contributed by atoms with van der Waals surface area (Å²) in [6.07, 6.45) is 1.39. The molecule has 142 valence electrons. The third-order valence-electron chi connectivity index (χ3n) is 4.55. The molecule has 0 fully saturated rings. The fourth-order valence-electron chi connectivity index (χ4n) is 2.95. The maximum atomic E-state index is 13.0. The molecule has 6 nitrogen and oxygen atoms in total. The lowest BCUT2D eigenvalue weighted by molar-refractivity contribution is 0.590. The van der Waals surface area contributed by atoms with Crippen molar-refractivity contribution < 1.29 is 0 Å². The van der Waals surface area contributed by atoms with Crippen LogP contribution in [0.1, 0.15) is 31.9 Å². The number of hydrogen-bond donors (Lipinski definition) is 1. The maximum absolute atomic E-state index is 13.0. The van der Waals surface area contributed by atoms with Gasteiger partial charge in [0.1, 0.15) is 6.33 Å². The number of fused-ring (bicyclic) bond motifs is 1. The van der Waals surface area contributed by atoms with Gasteiger partial charge in [-0.25, -0.2) is 14.6 Å². The van der Waals surface area contributed by atoms with E-state index in [1.54, 1.807) is 6.07 Å². The molecule has 0 saturated carbocycles. The van der Waals surface area contributed by atoms with Crippen molar-refractivity contribution >= 4 is 22.7 Å². The fourth-order valence-corrected chi connectivity index (χ4v) is 3.90. The lowest BCUT2D eigenvalue weighted by Crippen LogP contribution is -2.22. The first-order chi connectivity index (χ1) is 13.4. The Hall–Kier alpha value is -2.93. The van der Waals surface area contributed by atoms with Crippen LogP contribution in [-0.2, 0) is 11.2 Å². The number of rotatable bonds is 4. The van der Waals surface area contributed by atoms with Gasteiger partial charge in [-0.05, 0) is 28.7 Å². The number of benzene rings is 2. The molecular weight excluding hydrogens is 370 g/mol. The smallest absolute Gasteiger partial charge is 0.268 e. The quantitative estimate of drug-likeness (QED) is 0.419. The van der Waals surface area contributed by atoms with Crippen molar-refractivity contribution in [2.45, 2.75) is 37.1 Å². The molecule has 2 aromatic heterocycles. The second-order valence-corrected chi connectivity index (χ2v) is 8.54. The average Bonchev–Trinajstić information content (AvgIpc) is 3.20. The van der Waals surface area contributed by atoms with E-state index in [2.05, 4.69) is 60.2 Å². The number of hydrogen-bond acceptors (Lipinski definition) is 5. The predicted molar refractivity (Wildman–Crippen MR) is 112 cm³/mol. The number of aromatic nitrogens is 5. The third kappa shape index (κ3) is 3.57. The second kappa shape index (κ2) is 7.24. The molecule has 0 radical (unpaired) electrons. The third-order valence-corrected chi connectivity index (χ3v) is 5.56. The van der Waals surface area contributed by atoms with Crippen molar-refractivity contribution in [3.05, 3.63) is 76.3 Å². The van der Waals surface area contributed by atoms with Crippen LogP contribution in [0.3, 0.4) is 0 Å².